The average molecular weight is 412 g/mol. The lowest BCUT2D eigenvalue weighted by Gasteiger charge is -2.47. The zero-order valence-corrected chi connectivity index (χ0v) is 18.9. The van der Waals surface area contributed by atoms with Gasteiger partial charge in [0, 0.05) is 7.05 Å². The Labute approximate surface area is 183 Å². The molecule has 2 bridgehead atoms. The van der Waals surface area contributed by atoms with E-state index >= 15 is 0 Å². The highest BCUT2D eigenvalue weighted by molar-refractivity contribution is 7.94. The van der Waals surface area contributed by atoms with Crippen LogP contribution in [0.1, 0.15) is 38.5 Å². The standard InChI is InChI=1S/C27H32BNP/c1-29(28-23-13-11-14-24(28)16-12-15-23)30(25-17-5-2-6-18-25,26-19-7-3-8-20-26)27-21-9-4-10-22-27/h2-10,17-24H,11-16H2,1H3/q+1. The lowest BCUT2D eigenvalue weighted by atomic mass is 9.35. The first kappa shape index (κ1) is 20.0. The Morgan fingerprint density at radius 2 is 0.933 bits per heavy atom. The molecule has 2 aliphatic rings. The third-order valence-corrected chi connectivity index (χ3v) is 11.9. The van der Waals surface area contributed by atoms with E-state index in [4.69, 9.17) is 0 Å². The monoisotopic (exact) mass is 412 g/mol. The summed E-state index contributed by atoms with van der Waals surface area (Å²) in [6.45, 7) is 0.682. The number of fused-ring (bicyclic) bond motifs is 2. The zero-order chi connectivity index (χ0) is 20.4. The molecule has 152 valence electrons. The summed E-state index contributed by atoms with van der Waals surface area (Å²) in [5, 5.41) is 4.44. The topological polar surface area (TPSA) is 3.24 Å². The summed E-state index contributed by atoms with van der Waals surface area (Å²) in [7, 11) is 0.527. The first-order chi connectivity index (χ1) is 14.8. The van der Waals surface area contributed by atoms with Crippen molar-refractivity contribution in [3.8, 4) is 0 Å². The smallest absolute Gasteiger partial charge is 0.211 e. The van der Waals surface area contributed by atoms with Gasteiger partial charge in [-0.25, -0.2) is 4.58 Å². The third kappa shape index (κ3) is 3.35. The molecule has 2 aliphatic heterocycles. The van der Waals surface area contributed by atoms with Crippen LogP contribution in [0.5, 0.6) is 0 Å². The average Bonchev–Trinajstić information content (AvgIpc) is 2.81. The minimum atomic E-state index is -1.93. The predicted molar refractivity (Wildman–Crippen MR) is 134 cm³/mol. The molecule has 2 fully saturated rings. The maximum absolute atomic E-state index is 2.89. The van der Waals surface area contributed by atoms with Crippen LogP contribution in [-0.4, -0.2) is 18.5 Å². The van der Waals surface area contributed by atoms with Gasteiger partial charge in [-0.15, -0.1) is 0 Å². The van der Waals surface area contributed by atoms with Crippen LogP contribution >= 0.6 is 7.41 Å². The second-order valence-corrected chi connectivity index (χ2v) is 12.5. The molecule has 0 amide bonds. The highest BCUT2D eigenvalue weighted by Crippen LogP contribution is 2.62. The molecule has 3 aromatic carbocycles. The van der Waals surface area contributed by atoms with Crippen molar-refractivity contribution >= 4 is 30.2 Å². The molecule has 5 rings (SSSR count). The van der Waals surface area contributed by atoms with E-state index in [1.165, 1.54) is 54.4 Å². The van der Waals surface area contributed by atoms with Gasteiger partial charge in [0.05, 0.1) is 0 Å². The largest absolute Gasteiger partial charge is 0.277 e. The van der Waals surface area contributed by atoms with E-state index in [0.717, 1.165) is 11.6 Å². The first-order valence-corrected chi connectivity index (χ1v) is 13.3. The van der Waals surface area contributed by atoms with Gasteiger partial charge in [0.25, 0.3) is 6.85 Å². The normalized spacial score (nSPS) is 21.6. The molecule has 30 heavy (non-hydrogen) atoms. The van der Waals surface area contributed by atoms with Crippen LogP contribution in [0.25, 0.3) is 0 Å². The lowest BCUT2D eigenvalue weighted by molar-refractivity contribution is 0.422. The molecule has 0 aromatic heterocycles. The Bertz CT molecular complexity index is 828. The molecule has 0 radical (unpaired) electrons. The molecule has 0 saturated carbocycles. The van der Waals surface area contributed by atoms with Crippen molar-refractivity contribution in [2.75, 3.05) is 7.05 Å². The Hall–Kier alpha value is -1.89. The molecular formula is C27H32BNP+. The lowest BCUT2D eigenvalue weighted by Crippen LogP contribution is -2.53. The Kier molecular flexibility index (Phi) is 5.81. The Morgan fingerprint density at radius 1 is 0.600 bits per heavy atom. The number of hydrogen-bond donors (Lipinski definition) is 0. The fourth-order valence-corrected chi connectivity index (χ4v) is 11.0. The third-order valence-electron chi connectivity index (χ3n) is 7.56. The van der Waals surface area contributed by atoms with E-state index in [2.05, 4.69) is 103 Å². The van der Waals surface area contributed by atoms with Gasteiger partial charge < -0.3 is 0 Å². The van der Waals surface area contributed by atoms with E-state index in [-0.39, 0.29) is 0 Å². The van der Waals surface area contributed by atoms with Crippen LogP contribution in [-0.2, 0) is 0 Å². The van der Waals surface area contributed by atoms with Crippen molar-refractivity contribution in [1.82, 2.24) is 4.58 Å². The number of hydrogen-bond acceptors (Lipinski definition) is 1. The highest BCUT2D eigenvalue weighted by atomic mass is 31.2. The number of benzene rings is 3. The fourth-order valence-electron chi connectivity index (χ4n) is 6.38. The van der Waals surface area contributed by atoms with Crippen molar-refractivity contribution in [3.05, 3.63) is 91.0 Å². The summed E-state index contributed by atoms with van der Waals surface area (Å²) >= 11 is 0. The van der Waals surface area contributed by atoms with Crippen LogP contribution in [0, 0.1) is 0 Å². The molecule has 0 N–H and O–H groups in total. The van der Waals surface area contributed by atoms with E-state index in [1.807, 2.05) is 0 Å². The maximum atomic E-state index is 2.89. The van der Waals surface area contributed by atoms with Crippen molar-refractivity contribution in [2.45, 2.75) is 50.2 Å². The Balaban J connectivity index is 1.76. The minimum Gasteiger partial charge on any atom is -0.211 e. The minimum absolute atomic E-state index is 0.682. The van der Waals surface area contributed by atoms with Gasteiger partial charge in [-0.05, 0) is 48.0 Å². The molecular weight excluding hydrogens is 380 g/mol. The second-order valence-electron chi connectivity index (χ2n) is 9.09. The van der Waals surface area contributed by atoms with Crippen LogP contribution in [0.2, 0.25) is 11.6 Å². The van der Waals surface area contributed by atoms with Crippen molar-refractivity contribution < 1.29 is 0 Å². The molecule has 3 aromatic rings. The predicted octanol–water partition coefficient (Wildman–Crippen LogP) is 5.93. The van der Waals surface area contributed by atoms with Gasteiger partial charge >= 0.3 is 0 Å². The molecule has 0 atom stereocenters. The summed E-state index contributed by atoms with van der Waals surface area (Å²) < 4.78 is 2.89. The van der Waals surface area contributed by atoms with Crippen LogP contribution in [0.3, 0.4) is 0 Å². The van der Waals surface area contributed by atoms with Crippen molar-refractivity contribution in [2.24, 2.45) is 0 Å². The SMILES string of the molecule is CN(B1C2CCCC1CCC2)[P+](c1ccccc1)(c1ccccc1)c1ccccc1. The Morgan fingerprint density at radius 3 is 1.27 bits per heavy atom. The van der Waals surface area contributed by atoms with E-state index in [1.54, 1.807) is 0 Å². The van der Waals surface area contributed by atoms with Gasteiger partial charge in [-0.1, -0.05) is 93.1 Å². The van der Waals surface area contributed by atoms with Gasteiger partial charge in [-0.2, -0.15) is 0 Å². The molecule has 0 aliphatic carbocycles. The summed E-state index contributed by atoms with van der Waals surface area (Å²) in [4.78, 5) is 0. The van der Waals surface area contributed by atoms with Crippen LogP contribution < -0.4 is 15.9 Å². The molecule has 0 unspecified atom stereocenters. The quantitative estimate of drug-likeness (QED) is 0.371. The molecule has 0 spiro atoms. The molecule has 1 nitrogen and oxygen atoms in total. The van der Waals surface area contributed by atoms with Gasteiger partial charge in [0.15, 0.2) is 7.41 Å². The summed E-state index contributed by atoms with van der Waals surface area (Å²) in [5.74, 6) is 1.69. The number of rotatable bonds is 5. The summed E-state index contributed by atoms with van der Waals surface area (Å²) in [5.41, 5.74) is 0. The van der Waals surface area contributed by atoms with Crippen molar-refractivity contribution in [1.29, 1.82) is 0 Å². The molecule has 2 saturated heterocycles. The summed E-state index contributed by atoms with van der Waals surface area (Å²) in [6.07, 6.45) is 8.47. The van der Waals surface area contributed by atoms with Crippen LogP contribution in [0.4, 0.5) is 0 Å². The zero-order valence-electron chi connectivity index (χ0n) is 18.0. The van der Waals surface area contributed by atoms with E-state index in [0.29, 0.717) is 6.85 Å². The van der Waals surface area contributed by atoms with Crippen molar-refractivity contribution in [3.63, 3.8) is 0 Å². The fraction of sp³-hybridized carbons (Fsp3) is 0.333. The van der Waals surface area contributed by atoms with E-state index < -0.39 is 7.41 Å². The van der Waals surface area contributed by atoms with Gasteiger partial charge in [0.2, 0.25) is 0 Å². The second kappa shape index (κ2) is 8.70. The first-order valence-electron chi connectivity index (χ1n) is 11.6. The van der Waals surface area contributed by atoms with Gasteiger partial charge in [0.1, 0.15) is 15.9 Å². The van der Waals surface area contributed by atoms with Crippen LogP contribution in [0.15, 0.2) is 91.0 Å². The maximum Gasteiger partial charge on any atom is 0.277 e. The molecule has 2 heterocycles. The molecule has 3 heteroatoms. The highest BCUT2D eigenvalue weighted by Gasteiger charge is 2.57. The number of nitrogens with zero attached hydrogens (tertiary/aromatic N) is 1. The van der Waals surface area contributed by atoms with Gasteiger partial charge in [-0.3, -0.25) is 0 Å². The summed E-state index contributed by atoms with van der Waals surface area (Å²) in [6, 6.07) is 34.1. The van der Waals surface area contributed by atoms with E-state index in [9.17, 15) is 0 Å².